The van der Waals surface area contributed by atoms with Crippen LogP contribution in [0, 0.1) is 6.92 Å². The van der Waals surface area contributed by atoms with Crippen LogP contribution >= 0.6 is 38.9 Å². The number of hydrogen-bond acceptors (Lipinski definition) is 2. The number of nitrogens with one attached hydrogen (secondary N) is 1. The quantitative estimate of drug-likeness (QED) is 0.887. The van der Waals surface area contributed by atoms with Crippen LogP contribution in [0.4, 0.5) is 0 Å². The van der Waals surface area contributed by atoms with Crippen LogP contribution in [0.25, 0.3) is 0 Å². The summed E-state index contributed by atoms with van der Waals surface area (Å²) in [5.41, 5.74) is 1.28. The Morgan fingerprint density at radius 3 is 2.92 bits per heavy atom. The van der Waals surface area contributed by atoms with Gasteiger partial charge in [0.25, 0.3) is 0 Å². The molecule has 1 heterocycles. The lowest BCUT2D eigenvalue weighted by Gasteiger charge is -1.99. The topological polar surface area (TPSA) is 12.0 Å². The molecule has 0 saturated carbocycles. The summed E-state index contributed by atoms with van der Waals surface area (Å²) in [4.78, 5) is 1.31. The van der Waals surface area contributed by atoms with Crippen LogP contribution in [0.2, 0.25) is 0 Å². The van der Waals surface area contributed by atoms with Crippen molar-refractivity contribution in [2.75, 3.05) is 6.54 Å². The van der Waals surface area contributed by atoms with Crippen molar-refractivity contribution in [2.24, 2.45) is 0 Å². The second-order valence-electron chi connectivity index (χ2n) is 2.79. The molecule has 0 unspecified atom stereocenters. The van der Waals surface area contributed by atoms with Gasteiger partial charge in [-0.15, -0.1) is 11.3 Å². The van der Waals surface area contributed by atoms with Gasteiger partial charge in [0, 0.05) is 23.0 Å². The third-order valence-corrected chi connectivity index (χ3v) is 3.79. The Bertz CT molecular complexity index is 289. The van der Waals surface area contributed by atoms with E-state index in [0.29, 0.717) is 11.6 Å². The van der Waals surface area contributed by atoms with Crippen LogP contribution in [-0.4, -0.2) is 6.54 Å². The summed E-state index contributed by atoms with van der Waals surface area (Å²) in [5, 5.41) is 3.85. The molecular weight excluding hydrogens is 270 g/mol. The zero-order valence-electron chi connectivity index (χ0n) is 7.36. The van der Waals surface area contributed by atoms with Gasteiger partial charge in [0.2, 0.25) is 0 Å². The Balaban J connectivity index is 2.41. The lowest BCUT2D eigenvalue weighted by molar-refractivity contribution is 0.765. The predicted octanol–water partition coefficient (Wildman–Crippen LogP) is 3.66. The van der Waals surface area contributed by atoms with E-state index in [4.69, 9.17) is 11.6 Å². The summed E-state index contributed by atoms with van der Waals surface area (Å²) >= 11 is 10.8. The first kappa shape index (κ1) is 11.2. The Kier molecular flexibility index (Phi) is 4.46. The fraction of sp³-hybridized carbons (Fsp3) is 0.333. The van der Waals surface area contributed by atoms with Crippen molar-refractivity contribution in [1.82, 2.24) is 5.32 Å². The van der Waals surface area contributed by atoms with Crippen molar-refractivity contribution in [3.05, 3.63) is 31.9 Å². The molecule has 0 fully saturated rings. The SMILES string of the molecule is C=C(Cl)CNCc1cc(C)c(Br)s1. The van der Waals surface area contributed by atoms with Crippen molar-refractivity contribution < 1.29 is 0 Å². The highest BCUT2D eigenvalue weighted by Gasteiger charge is 2.01. The monoisotopic (exact) mass is 279 g/mol. The summed E-state index contributed by atoms with van der Waals surface area (Å²) in [6.07, 6.45) is 0. The summed E-state index contributed by atoms with van der Waals surface area (Å²) < 4.78 is 1.20. The van der Waals surface area contributed by atoms with E-state index in [1.165, 1.54) is 14.2 Å². The van der Waals surface area contributed by atoms with Gasteiger partial charge in [0.05, 0.1) is 3.79 Å². The molecule has 1 N–H and O–H groups in total. The molecule has 0 aliphatic heterocycles. The molecule has 13 heavy (non-hydrogen) atoms. The van der Waals surface area contributed by atoms with Gasteiger partial charge in [0.15, 0.2) is 0 Å². The lowest BCUT2D eigenvalue weighted by atomic mass is 10.3. The summed E-state index contributed by atoms with van der Waals surface area (Å²) in [6.45, 7) is 7.21. The molecule has 1 nitrogen and oxygen atoms in total. The molecule has 72 valence electrons. The standard InChI is InChI=1S/C9H11BrClNS/c1-6-3-8(13-9(6)10)5-12-4-7(2)11/h3,12H,2,4-5H2,1H3. The maximum atomic E-state index is 5.62. The van der Waals surface area contributed by atoms with Gasteiger partial charge >= 0.3 is 0 Å². The van der Waals surface area contributed by atoms with E-state index in [1.807, 2.05) is 0 Å². The largest absolute Gasteiger partial charge is 0.307 e. The van der Waals surface area contributed by atoms with Crippen LogP contribution < -0.4 is 5.32 Å². The summed E-state index contributed by atoms with van der Waals surface area (Å²) in [7, 11) is 0. The highest BCUT2D eigenvalue weighted by atomic mass is 79.9. The maximum absolute atomic E-state index is 5.62. The fourth-order valence-electron chi connectivity index (χ4n) is 0.932. The molecule has 0 spiro atoms. The molecule has 0 aliphatic rings. The number of halogens is 2. The molecule has 1 aromatic rings. The molecule has 0 bridgehead atoms. The zero-order chi connectivity index (χ0) is 9.84. The molecular formula is C9H11BrClNS. The van der Waals surface area contributed by atoms with Crippen LogP contribution in [0.15, 0.2) is 21.5 Å². The summed E-state index contributed by atoms with van der Waals surface area (Å²) in [5.74, 6) is 0. The van der Waals surface area contributed by atoms with Gasteiger partial charge in [-0.1, -0.05) is 18.2 Å². The molecule has 0 radical (unpaired) electrons. The molecule has 0 aliphatic carbocycles. The first-order valence-electron chi connectivity index (χ1n) is 3.88. The van der Waals surface area contributed by atoms with Gasteiger partial charge in [-0.25, -0.2) is 0 Å². The average molecular weight is 281 g/mol. The van der Waals surface area contributed by atoms with E-state index in [-0.39, 0.29) is 0 Å². The zero-order valence-corrected chi connectivity index (χ0v) is 10.5. The third kappa shape index (κ3) is 3.81. The van der Waals surface area contributed by atoms with E-state index in [2.05, 4.69) is 40.8 Å². The third-order valence-electron chi connectivity index (χ3n) is 1.52. The first-order valence-corrected chi connectivity index (χ1v) is 5.87. The Morgan fingerprint density at radius 1 is 1.77 bits per heavy atom. The van der Waals surface area contributed by atoms with E-state index in [1.54, 1.807) is 11.3 Å². The van der Waals surface area contributed by atoms with E-state index < -0.39 is 0 Å². The Labute approximate surface area is 95.9 Å². The van der Waals surface area contributed by atoms with Crippen LogP contribution in [-0.2, 0) is 6.54 Å². The molecule has 1 aromatic heterocycles. The molecule has 4 heteroatoms. The van der Waals surface area contributed by atoms with Crippen molar-refractivity contribution in [2.45, 2.75) is 13.5 Å². The lowest BCUT2D eigenvalue weighted by Crippen LogP contribution is -2.13. The van der Waals surface area contributed by atoms with Gasteiger partial charge in [-0.2, -0.15) is 0 Å². The predicted molar refractivity (Wildman–Crippen MR) is 63.5 cm³/mol. The minimum Gasteiger partial charge on any atom is -0.307 e. The molecule has 0 amide bonds. The highest BCUT2D eigenvalue weighted by Crippen LogP contribution is 2.27. The minimum atomic E-state index is 0.646. The minimum absolute atomic E-state index is 0.646. The smallest absolute Gasteiger partial charge is 0.0730 e. The highest BCUT2D eigenvalue weighted by molar-refractivity contribution is 9.11. The van der Waals surface area contributed by atoms with E-state index >= 15 is 0 Å². The van der Waals surface area contributed by atoms with Crippen molar-refractivity contribution in [1.29, 1.82) is 0 Å². The van der Waals surface area contributed by atoms with Crippen molar-refractivity contribution in [3.63, 3.8) is 0 Å². The summed E-state index contributed by atoms with van der Waals surface area (Å²) in [6, 6.07) is 2.17. The van der Waals surface area contributed by atoms with Gasteiger partial charge in [-0.05, 0) is 34.5 Å². The van der Waals surface area contributed by atoms with E-state index in [9.17, 15) is 0 Å². The van der Waals surface area contributed by atoms with Crippen LogP contribution in [0.3, 0.4) is 0 Å². The molecule has 0 atom stereocenters. The van der Waals surface area contributed by atoms with E-state index in [0.717, 1.165) is 6.54 Å². The maximum Gasteiger partial charge on any atom is 0.0730 e. The van der Waals surface area contributed by atoms with Crippen molar-refractivity contribution in [3.8, 4) is 0 Å². The van der Waals surface area contributed by atoms with Crippen LogP contribution in [0.1, 0.15) is 10.4 Å². The fourth-order valence-corrected chi connectivity index (χ4v) is 2.62. The van der Waals surface area contributed by atoms with Crippen LogP contribution in [0.5, 0.6) is 0 Å². The molecule has 0 saturated heterocycles. The number of thiophene rings is 1. The van der Waals surface area contributed by atoms with Gasteiger partial charge in [-0.3, -0.25) is 0 Å². The van der Waals surface area contributed by atoms with Gasteiger partial charge in [0.1, 0.15) is 0 Å². The Morgan fingerprint density at radius 2 is 2.46 bits per heavy atom. The normalized spacial score (nSPS) is 10.4. The number of aryl methyl sites for hydroxylation is 1. The molecule has 0 aromatic carbocycles. The second-order valence-corrected chi connectivity index (χ2v) is 5.78. The number of rotatable bonds is 4. The van der Waals surface area contributed by atoms with Gasteiger partial charge < -0.3 is 5.32 Å². The van der Waals surface area contributed by atoms with Crippen molar-refractivity contribution >= 4 is 38.9 Å². The average Bonchev–Trinajstić information content (AvgIpc) is 2.30. The molecule has 1 rings (SSSR count). The Hall–Kier alpha value is 0.170. The number of hydrogen-bond donors (Lipinski definition) is 1. The second kappa shape index (κ2) is 5.15. The first-order chi connectivity index (χ1) is 6.09.